The van der Waals surface area contributed by atoms with E-state index in [9.17, 15) is 38.7 Å². The molecule has 7 N–H and O–H groups in total. The molecule has 1 unspecified atom stereocenters. The highest BCUT2D eigenvalue weighted by Gasteiger charge is 2.33. The number of amides is 6. The second-order valence-corrected chi connectivity index (χ2v) is 17.2. The summed E-state index contributed by atoms with van der Waals surface area (Å²) in [6, 6.07) is 25.3. The van der Waals surface area contributed by atoms with Gasteiger partial charge in [0.25, 0.3) is 0 Å². The van der Waals surface area contributed by atoms with Gasteiger partial charge in [0, 0.05) is 48.7 Å². The Kier molecular flexibility index (Phi) is 17.4. The summed E-state index contributed by atoms with van der Waals surface area (Å²) in [5, 5.41) is 26.9. The summed E-state index contributed by atoms with van der Waals surface area (Å²) in [5.41, 5.74) is 3.04. The van der Waals surface area contributed by atoms with E-state index in [1.54, 1.807) is 103 Å². The van der Waals surface area contributed by atoms with E-state index >= 15 is 0 Å². The summed E-state index contributed by atoms with van der Waals surface area (Å²) >= 11 is 3.44. The molecule has 6 atom stereocenters. The van der Waals surface area contributed by atoms with Crippen molar-refractivity contribution in [2.75, 3.05) is 5.32 Å². The maximum atomic E-state index is 14.6. The zero-order chi connectivity index (χ0) is 46.1. The maximum Gasteiger partial charge on any atom is 0.326 e. The second-order valence-electron chi connectivity index (χ2n) is 16.2. The number of anilines is 1. The molecule has 7 rings (SSSR count). The van der Waals surface area contributed by atoms with E-state index in [-0.39, 0.29) is 50.9 Å². The molecule has 0 saturated carbocycles. The van der Waals surface area contributed by atoms with Crippen molar-refractivity contribution in [2.24, 2.45) is 5.92 Å². The van der Waals surface area contributed by atoms with Gasteiger partial charge in [0.15, 0.2) is 0 Å². The van der Waals surface area contributed by atoms with Gasteiger partial charge in [-0.3, -0.25) is 28.8 Å². The van der Waals surface area contributed by atoms with Crippen LogP contribution in [-0.4, -0.2) is 76.7 Å². The Labute approximate surface area is 386 Å². The average molecular weight is 946 g/mol. The minimum absolute atomic E-state index is 0.00606. The van der Waals surface area contributed by atoms with Crippen LogP contribution in [0.15, 0.2) is 138 Å². The van der Waals surface area contributed by atoms with Gasteiger partial charge in [-0.05, 0) is 71.7 Å². The molecule has 4 aromatic carbocycles. The number of fused-ring (bicyclic) bond motifs is 18. The molecule has 1 aliphatic carbocycles. The van der Waals surface area contributed by atoms with E-state index in [0.717, 1.165) is 10.9 Å². The lowest BCUT2D eigenvalue weighted by Gasteiger charge is -2.27. The summed E-state index contributed by atoms with van der Waals surface area (Å²) in [4.78, 5) is 96.5. The number of hydrogen-bond acceptors (Lipinski definition) is 7. The van der Waals surface area contributed by atoms with Gasteiger partial charge in [-0.1, -0.05) is 125 Å². The summed E-state index contributed by atoms with van der Waals surface area (Å²) in [5.74, 6) is -4.95. The molecular weight excluding hydrogens is 892 g/mol. The average Bonchev–Trinajstić information content (AvgIpc) is 3.30. The number of carbonyl (C=O) groups is 7. The van der Waals surface area contributed by atoms with E-state index < -0.39 is 71.6 Å². The van der Waals surface area contributed by atoms with E-state index in [4.69, 9.17) is 0 Å². The number of carboxylic acids is 1. The van der Waals surface area contributed by atoms with Crippen LogP contribution in [0.25, 0.3) is 0 Å². The first-order chi connectivity index (χ1) is 31.4. The van der Waals surface area contributed by atoms with E-state index in [1.165, 1.54) is 0 Å². The van der Waals surface area contributed by atoms with Crippen molar-refractivity contribution in [3.05, 3.63) is 160 Å². The molecule has 2 bridgehead atoms. The van der Waals surface area contributed by atoms with Gasteiger partial charge in [0.1, 0.15) is 30.2 Å². The molecule has 4 aromatic rings. The molecule has 0 fully saturated rings. The number of carbonyl (C=O) groups excluding carboxylic acids is 6. The van der Waals surface area contributed by atoms with E-state index in [2.05, 4.69) is 47.8 Å². The van der Waals surface area contributed by atoms with Crippen molar-refractivity contribution >= 4 is 63.0 Å². The van der Waals surface area contributed by atoms with Crippen LogP contribution in [0.5, 0.6) is 0 Å². The number of rotatable bonds is 12. The largest absolute Gasteiger partial charge is 0.480 e. The molecule has 3 aliphatic rings. The van der Waals surface area contributed by atoms with Gasteiger partial charge in [-0.15, -0.1) is 0 Å². The van der Waals surface area contributed by atoms with Gasteiger partial charge in [0.05, 0.1) is 0 Å². The second kappa shape index (κ2) is 23.7. The Balaban J connectivity index is 1.34. The zero-order valence-electron chi connectivity index (χ0n) is 35.7. The van der Waals surface area contributed by atoms with Crippen molar-refractivity contribution in [2.45, 2.75) is 88.0 Å². The molecule has 0 radical (unpaired) electrons. The number of hydrogen-bond donors (Lipinski definition) is 7. The molecule has 2 aliphatic heterocycles. The quantitative estimate of drug-likeness (QED) is 0.0972. The van der Waals surface area contributed by atoms with Crippen LogP contribution in [0.3, 0.4) is 0 Å². The minimum Gasteiger partial charge on any atom is -0.480 e. The molecule has 0 spiro atoms. The summed E-state index contributed by atoms with van der Waals surface area (Å²) in [7, 11) is 0. The van der Waals surface area contributed by atoms with Crippen LogP contribution in [0.1, 0.15) is 54.4 Å². The third-order valence-corrected chi connectivity index (χ3v) is 11.8. The van der Waals surface area contributed by atoms with Crippen molar-refractivity contribution in [3.8, 4) is 0 Å². The van der Waals surface area contributed by atoms with Crippen molar-refractivity contribution in [1.29, 1.82) is 0 Å². The number of carboxylic acid groups (broad SMARTS) is 1. The Hall–Kier alpha value is -6.87. The lowest BCUT2D eigenvalue weighted by molar-refractivity contribution is -0.142. The van der Waals surface area contributed by atoms with Gasteiger partial charge >= 0.3 is 5.97 Å². The molecule has 65 heavy (non-hydrogen) atoms. The number of benzene rings is 4. The van der Waals surface area contributed by atoms with E-state index in [1.807, 2.05) is 30.4 Å². The molecular formula is C50H53BrN6O8. The standard InChI is InChI=1S/C50H53BrN6O8/c51-37-21-16-35(17-22-37)29-41-48(62)55-40(28-33-12-6-2-7-13-33)47(61)56-42(49(63)57-43(50(64)65)31-34-14-8-3-9-15-34)30-36-18-23-38(24-19-36)52-44(58)26-27-45(59)53-39(46(60)54-41)25-20-32-10-4-1-5-11-32/h1-10,12-19,21-24,32,39-43H,11,20,25-31H2,(H,52,58)(H,53,59)(H,54,60)(H,55,62)(H,56,61)(H,57,63)(H,64,65)/t32?,39-,40-,41+,42-,43+/m1/s1. The normalized spacial score (nSPS) is 21.4. The topological polar surface area (TPSA) is 212 Å². The Bertz CT molecular complexity index is 2360. The van der Waals surface area contributed by atoms with Crippen molar-refractivity contribution < 1.29 is 38.7 Å². The highest BCUT2D eigenvalue weighted by atomic mass is 79.9. The first kappa shape index (κ1) is 47.6. The molecule has 14 nitrogen and oxygen atoms in total. The monoisotopic (exact) mass is 944 g/mol. The number of aliphatic carboxylic acids is 1. The fourth-order valence-electron chi connectivity index (χ4n) is 7.65. The third kappa shape index (κ3) is 15.1. The first-order valence-corrected chi connectivity index (χ1v) is 22.5. The van der Waals surface area contributed by atoms with E-state index in [0.29, 0.717) is 34.4 Å². The summed E-state index contributed by atoms with van der Waals surface area (Å²) < 4.78 is 0.800. The Morgan fingerprint density at radius 3 is 1.85 bits per heavy atom. The predicted octanol–water partition coefficient (Wildman–Crippen LogP) is 4.87. The number of halogens is 1. The van der Waals surface area contributed by atoms with Crippen LogP contribution in [0.4, 0.5) is 5.69 Å². The maximum absolute atomic E-state index is 14.6. The fourth-order valence-corrected chi connectivity index (χ4v) is 7.91. The van der Waals surface area contributed by atoms with Crippen molar-refractivity contribution in [3.63, 3.8) is 0 Å². The molecule has 6 amide bonds. The third-order valence-electron chi connectivity index (χ3n) is 11.2. The number of allylic oxidation sites excluding steroid dienone is 4. The fraction of sp³-hybridized carbons (Fsp3) is 0.300. The van der Waals surface area contributed by atoms with Gasteiger partial charge in [-0.2, -0.15) is 0 Å². The zero-order valence-corrected chi connectivity index (χ0v) is 37.3. The predicted molar refractivity (Wildman–Crippen MR) is 249 cm³/mol. The Morgan fingerprint density at radius 2 is 1.23 bits per heavy atom. The SMILES string of the molecule is O=C1CCC(=O)N[C@H](CCC2C=CC=CC2)C(=O)N[C@@H](Cc2ccc(Br)cc2)C(=O)N[C@H](Cc2ccccc2)C(=O)N[C@@H](C(=O)N[C@@H](Cc2ccccc2)C(=O)O)Cc2ccc(cc2)N1. The molecule has 2 heterocycles. The summed E-state index contributed by atoms with van der Waals surface area (Å²) in [6.07, 6.45) is 8.99. The Morgan fingerprint density at radius 1 is 0.646 bits per heavy atom. The van der Waals surface area contributed by atoms with Crippen LogP contribution in [-0.2, 0) is 59.2 Å². The molecule has 15 heteroatoms. The summed E-state index contributed by atoms with van der Waals surface area (Å²) in [6.45, 7) is 0. The highest BCUT2D eigenvalue weighted by Crippen LogP contribution is 2.20. The van der Waals surface area contributed by atoms with Crippen LogP contribution in [0, 0.1) is 5.92 Å². The molecule has 0 saturated heterocycles. The van der Waals surface area contributed by atoms with Gasteiger partial charge < -0.3 is 37.0 Å². The number of nitrogens with one attached hydrogen (secondary N) is 6. The highest BCUT2D eigenvalue weighted by molar-refractivity contribution is 9.10. The lowest BCUT2D eigenvalue weighted by Crippen LogP contribution is -2.60. The first-order valence-electron chi connectivity index (χ1n) is 21.7. The van der Waals surface area contributed by atoms with Crippen molar-refractivity contribution in [1.82, 2.24) is 26.6 Å². The smallest absolute Gasteiger partial charge is 0.326 e. The lowest BCUT2D eigenvalue weighted by atomic mass is 9.93. The molecule has 0 aromatic heterocycles. The molecule has 338 valence electrons. The van der Waals surface area contributed by atoms with Crippen LogP contribution >= 0.6 is 15.9 Å². The van der Waals surface area contributed by atoms with Gasteiger partial charge in [0.2, 0.25) is 35.4 Å². The van der Waals surface area contributed by atoms with Crippen LogP contribution in [0.2, 0.25) is 0 Å². The van der Waals surface area contributed by atoms with Crippen LogP contribution < -0.4 is 31.9 Å². The minimum atomic E-state index is -1.34. The van der Waals surface area contributed by atoms with Gasteiger partial charge in [-0.25, -0.2) is 4.79 Å².